The molecule has 24 heavy (non-hydrogen) atoms. The Balaban J connectivity index is 1.62. The molecule has 0 spiro atoms. The molecule has 1 amide bonds. The lowest BCUT2D eigenvalue weighted by molar-refractivity contribution is -0.123. The van der Waals surface area contributed by atoms with Crippen LogP contribution in [0.5, 0.6) is 5.75 Å². The summed E-state index contributed by atoms with van der Waals surface area (Å²) in [6, 6.07) is 6.09. The standard InChI is InChI=1S/C20H29NO3/c1-13(2)19-15(5-4-10-24-19)12-21-20(22)17-9-7-14-6-8-16(23-3)11-18(14)17/h6,8,11,13,15,17,19H,4-5,7,9-10,12H2,1-3H3,(H,21,22)/t15-,17-,19-/m1/s1. The fourth-order valence-electron chi connectivity index (χ4n) is 4.15. The van der Waals surface area contributed by atoms with Crippen molar-refractivity contribution in [1.29, 1.82) is 0 Å². The van der Waals surface area contributed by atoms with Crippen LogP contribution in [0.1, 0.15) is 50.2 Å². The Bertz CT molecular complexity index is 584. The van der Waals surface area contributed by atoms with Crippen LogP contribution in [-0.2, 0) is 16.0 Å². The van der Waals surface area contributed by atoms with Gasteiger partial charge < -0.3 is 14.8 Å². The second kappa shape index (κ2) is 7.56. The maximum absolute atomic E-state index is 12.7. The third-order valence-corrected chi connectivity index (χ3v) is 5.44. The molecule has 0 saturated carbocycles. The van der Waals surface area contributed by atoms with Gasteiger partial charge in [0.2, 0.25) is 5.91 Å². The van der Waals surface area contributed by atoms with Gasteiger partial charge in [0.05, 0.1) is 19.1 Å². The van der Waals surface area contributed by atoms with E-state index in [1.54, 1.807) is 7.11 Å². The highest BCUT2D eigenvalue weighted by Gasteiger charge is 2.32. The van der Waals surface area contributed by atoms with Gasteiger partial charge in [-0.05, 0) is 54.9 Å². The molecule has 0 bridgehead atoms. The number of ether oxygens (including phenoxy) is 2. The van der Waals surface area contributed by atoms with Crippen molar-refractivity contribution in [2.24, 2.45) is 11.8 Å². The van der Waals surface area contributed by atoms with Gasteiger partial charge in [0.1, 0.15) is 5.75 Å². The number of hydrogen-bond donors (Lipinski definition) is 1. The molecule has 1 N–H and O–H groups in total. The highest BCUT2D eigenvalue weighted by Crippen LogP contribution is 2.35. The monoisotopic (exact) mass is 331 g/mol. The second-order valence-corrected chi connectivity index (χ2v) is 7.38. The largest absolute Gasteiger partial charge is 0.497 e. The van der Waals surface area contributed by atoms with Crippen LogP contribution in [0, 0.1) is 11.8 Å². The number of aryl methyl sites for hydroxylation is 1. The maximum Gasteiger partial charge on any atom is 0.227 e. The van der Waals surface area contributed by atoms with E-state index in [9.17, 15) is 4.79 Å². The fraction of sp³-hybridized carbons (Fsp3) is 0.650. The summed E-state index contributed by atoms with van der Waals surface area (Å²) >= 11 is 0. The van der Waals surface area contributed by atoms with Crippen LogP contribution < -0.4 is 10.1 Å². The molecule has 0 aromatic heterocycles. The summed E-state index contributed by atoms with van der Waals surface area (Å²) in [7, 11) is 1.67. The van der Waals surface area contributed by atoms with Gasteiger partial charge in [-0.15, -0.1) is 0 Å². The minimum Gasteiger partial charge on any atom is -0.497 e. The van der Waals surface area contributed by atoms with Crippen LogP contribution in [-0.4, -0.2) is 32.3 Å². The Kier molecular flexibility index (Phi) is 5.44. The van der Waals surface area contributed by atoms with Crippen molar-refractivity contribution in [3.63, 3.8) is 0 Å². The SMILES string of the molecule is COc1ccc2c(c1)[C@H](C(=O)NC[C@H]1CCCO[C@@H]1C(C)C)CC2. The third kappa shape index (κ3) is 3.59. The van der Waals surface area contributed by atoms with E-state index in [2.05, 4.69) is 25.2 Å². The molecule has 0 unspecified atom stereocenters. The zero-order chi connectivity index (χ0) is 17.1. The van der Waals surface area contributed by atoms with Gasteiger partial charge >= 0.3 is 0 Å². The second-order valence-electron chi connectivity index (χ2n) is 7.38. The van der Waals surface area contributed by atoms with Crippen molar-refractivity contribution in [3.05, 3.63) is 29.3 Å². The van der Waals surface area contributed by atoms with Crippen LogP contribution in [0.3, 0.4) is 0 Å². The Hall–Kier alpha value is -1.55. The molecule has 3 rings (SSSR count). The first-order valence-corrected chi connectivity index (χ1v) is 9.16. The Morgan fingerprint density at radius 3 is 2.96 bits per heavy atom. The summed E-state index contributed by atoms with van der Waals surface area (Å²) in [6.45, 7) is 5.97. The number of fused-ring (bicyclic) bond motifs is 1. The van der Waals surface area contributed by atoms with Crippen molar-refractivity contribution < 1.29 is 14.3 Å². The highest BCUT2D eigenvalue weighted by molar-refractivity contribution is 5.85. The Morgan fingerprint density at radius 2 is 2.21 bits per heavy atom. The smallest absolute Gasteiger partial charge is 0.227 e. The van der Waals surface area contributed by atoms with Crippen LogP contribution in [0.2, 0.25) is 0 Å². The van der Waals surface area contributed by atoms with E-state index in [4.69, 9.17) is 9.47 Å². The summed E-state index contributed by atoms with van der Waals surface area (Å²) in [6.07, 6.45) is 4.35. The summed E-state index contributed by atoms with van der Waals surface area (Å²) in [5.74, 6) is 1.85. The molecular formula is C20H29NO3. The zero-order valence-corrected chi connectivity index (χ0v) is 15.0. The lowest BCUT2D eigenvalue weighted by Crippen LogP contribution is -2.42. The molecule has 1 aromatic carbocycles. The molecule has 1 aliphatic carbocycles. The number of amides is 1. The van der Waals surface area contributed by atoms with E-state index >= 15 is 0 Å². The van der Waals surface area contributed by atoms with Crippen molar-refractivity contribution in [1.82, 2.24) is 5.32 Å². The number of carbonyl (C=O) groups is 1. The van der Waals surface area contributed by atoms with Crippen molar-refractivity contribution in [2.75, 3.05) is 20.3 Å². The molecule has 1 aromatic rings. The first kappa shape index (κ1) is 17.3. The highest BCUT2D eigenvalue weighted by atomic mass is 16.5. The lowest BCUT2D eigenvalue weighted by atomic mass is 9.87. The summed E-state index contributed by atoms with van der Waals surface area (Å²) in [4.78, 5) is 12.7. The molecule has 1 saturated heterocycles. The van der Waals surface area contributed by atoms with Gasteiger partial charge in [-0.25, -0.2) is 0 Å². The quantitative estimate of drug-likeness (QED) is 0.900. The first-order chi connectivity index (χ1) is 11.6. The van der Waals surface area contributed by atoms with Gasteiger partial charge in [0.25, 0.3) is 0 Å². The number of methoxy groups -OCH3 is 1. The topological polar surface area (TPSA) is 47.6 Å². The molecule has 132 valence electrons. The van der Waals surface area contributed by atoms with E-state index in [0.29, 0.717) is 11.8 Å². The van der Waals surface area contributed by atoms with Crippen molar-refractivity contribution in [3.8, 4) is 5.75 Å². The molecule has 1 aliphatic heterocycles. The molecule has 4 heteroatoms. The number of benzene rings is 1. The molecule has 0 radical (unpaired) electrons. The zero-order valence-electron chi connectivity index (χ0n) is 15.0. The van der Waals surface area contributed by atoms with Crippen molar-refractivity contribution in [2.45, 2.75) is 51.6 Å². The fourth-order valence-corrected chi connectivity index (χ4v) is 4.15. The predicted octanol–water partition coefficient (Wildman–Crippen LogP) is 3.29. The molecule has 1 fully saturated rings. The first-order valence-electron chi connectivity index (χ1n) is 9.16. The molecule has 1 heterocycles. The minimum absolute atomic E-state index is 0.0443. The summed E-state index contributed by atoms with van der Waals surface area (Å²) < 4.78 is 11.2. The normalized spacial score (nSPS) is 26.2. The maximum atomic E-state index is 12.7. The minimum atomic E-state index is -0.0443. The van der Waals surface area contributed by atoms with Crippen LogP contribution in [0.4, 0.5) is 0 Å². The lowest BCUT2D eigenvalue weighted by Gasteiger charge is -2.34. The van der Waals surface area contributed by atoms with Gasteiger partial charge in [-0.2, -0.15) is 0 Å². The van der Waals surface area contributed by atoms with Crippen LogP contribution in [0.15, 0.2) is 18.2 Å². The average Bonchev–Trinajstić information content (AvgIpc) is 3.02. The third-order valence-electron chi connectivity index (χ3n) is 5.44. The van der Waals surface area contributed by atoms with Crippen molar-refractivity contribution >= 4 is 5.91 Å². The molecule has 2 aliphatic rings. The summed E-state index contributed by atoms with van der Waals surface area (Å²) in [5.41, 5.74) is 2.41. The summed E-state index contributed by atoms with van der Waals surface area (Å²) in [5, 5.41) is 3.20. The van der Waals surface area contributed by atoms with Crippen LogP contribution >= 0.6 is 0 Å². The Labute approximate surface area is 144 Å². The average molecular weight is 331 g/mol. The van der Waals surface area contributed by atoms with Gasteiger partial charge in [-0.1, -0.05) is 19.9 Å². The van der Waals surface area contributed by atoms with Crippen LogP contribution in [0.25, 0.3) is 0 Å². The predicted molar refractivity (Wildman–Crippen MR) is 94.4 cm³/mol. The number of carbonyl (C=O) groups excluding carboxylic acids is 1. The number of nitrogens with one attached hydrogen (secondary N) is 1. The molecule has 4 nitrogen and oxygen atoms in total. The molecule has 3 atom stereocenters. The van der Waals surface area contributed by atoms with Gasteiger partial charge in [-0.3, -0.25) is 4.79 Å². The van der Waals surface area contributed by atoms with E-state index in [1.165, 1.54) is 5.56 Å². The molecular weight excluding hydrogens is 302 g/mol. The van der Waals surface area contributed by atoms with E-state index < -0.39 is 0 Å². The van der Waals surface area contributed by atoms with Gasteiger partial charge in [0.15, 0.2) is 0 Å². The number of rotatable bonds is 5. The Morgan fingerprint density at radius 1 is 1.38 bits per heavy atom. The van der Waals surface area contributed by atoms with Gasteiger partial charge in [0, 0.05) is 19.1 Å². The van der Waals surface area contributed by atoms with E-state index in [-0.39, 0.29) is 17.9 Å². The van der Waals surface area contributed by atoms with E-state index in [0.717, 1.165) is 50.1 Å². The number of hydrogen-bond acceptors (Lipinski definition) is 3. The van der Waals surface area contributed by atoms with E-state index in [1.807, 2.05) is 12.1 Å².